The molecule has 19 heavy (non-hydrogen) atoms. The molecule has 0 atom stereocenters. The Morgan fingerprint density at radius 2 is 1.95 bits per heavy atom. The summed E-state index contributed by atoms with van der Waals surface area (Å²) in [4.78, 5) is 4.01. The van der Waals surface area contributed by atoms with Gasteiger partial charge in [-0.15, -0.1) is 0 Å². The van der Waals surface area contributed by atoms with Crippen molar-refractivity contribution in [2.45, 2.75) is 6.92 Å². The summed E-state index contributed by atoms with van der Waals surface area (Å²) < 4.78 is 32.4. The zero-order chi connectivity index (χ0) is 14.0. The molecule has 0 spiro atoms. The number of aromatic nitrogens is 1. The zero-order valence-electron chi connectivity index (χ0n) is 10.5. The largest absolute Gasteiger partial charge is 0.479 e. The van der Waals surface area contributed by atoms with Gasteiger partial charge >= 0.3 is 0 Å². The Kier molecular flexibility index (Phi) is 3.50. The highest BCUT2D eigenvalue weighted by Crippen LogP contribution is 2.27. The first-order valence-corrected chi connectivity index (χ1v) is 5.55. The molecular weight excluding hydrogens is 252 g/mol. The number of rotatable bonds is 3. The number of halogens is 2. The molecule has 2 rings (SSSR count). The number of hydrogen-bond donors (Lipinski definition) is 2. The Morgan fingerprint density at radius 1 is 1.21 bits per heavy atom. The molecule has 0 radical (unpaired) electrons. The highest BCUT2D eigenvalue weighted by molar-refractivity contribution is 5.62. The minimum absolute atomic E-state index is 0.193. The molecule has 0 unspecified atom stereocenters. The lowest BCUT2D eigenvalue weighted by molar-refractivity contribution is 0.401. The fourth-order valence-electron chi connectivity index (χ4n) is 1.58. The van der Waals surface area contributed by atoms with Crippen LogP contribution >= 0.6 is 0 Å². The highest BCUT2D eigenvalue weighted by atomic mass is 19.1. The quantitative estimate of drug-likeness (QED) is 0.895. The van der Waals surface area contributed by atoms with E-state index in [1.165, 1.54) is 25.3 Å². The van der Waals surface area contributed by atoms with Gasteiger partial charge in [0.15, 0.2) is 5.82 Å². The number of nitrogens with two attached hydrogens (primary N) is 1. The Balaban J connectivity index is 2.39. The van der Waals surface area contributed by atoms with Crippen LogP contribution in [0.3, 0.4) is 0 Å². The van der Waals surface area contributed by atoms with Crippen LogP contribution in [0, 0.1) is 18.6 Å². The van der Waals surface area contributed by atoms with Crippen LogP contribution in [0.1, 0.15) is 5.56 Å². The molecule has 0 saturated carbocycles. The number of methoxy groups -OCH3 is 1. The molecule has 1 aromatic carbocycles. The molecule has 0 amide bonds. The third kappa shape index (κ3) is 2.57. The van der Waals surface area contributed by atoms with Gasteiger partial charge in [0.05, 0.1) is 12.8 Å². The van der Waals surface area contributed by atoms with E-state index >= 15 is 0 Å². The summed E-state index contributed by atoms with van der Waals surface area (Å²) in [7, 11) is 1.41. The van der Waals surface area contributed by atoms with Gasteiger partial charge in [-0.3, -0.25) is 0 Å². The molecular formula is C13H13F2N3O. The molecule has 0 aliphatic carbocycles. The van der Waals surface area contributed by atoms with Gasteiger partial charge in [-0.25, -0.2) is 8.78 Å². The number of hydrogen-bond acceptors (Lipinski definition) is 4. The van der Waals surface area contributed by atoms with E-state index in [4.69, 9.17) is 10.5 Å². The fraction of sp³-hybridized carbons (Fsp3) is 0.154. The van der Waals surface area contributed by atoms with Crippen LogP contribution in [0.2, 0.25) is 0 Å². The van der Waals surface area contributed by atoms with Crippen molar-refractivity contribution in [1.82, 2.24) is 4.98 Å². The Bertz CT molecular complexity index is 617. The average molecular weight is 265 g/mol. The maximum Gasteiger partial charge on any atom is 0.238 e. The molecule has 0 bridgehead atoms. The molecule has 0 saturated heterocycles. The number of benzene rings is 1. The molecule has 100 valence electrons. The van der Waals surface area contributed by atoms with Gasteiger partial charge in [-0.05, 0) is 30.7 Å². The second-order valence-electron chi connectivity index (χ2n) is 3.97. The lowest BCUT2D eigenvalue weighted by Gasteiger charge is -2.11. The summed E-state index contributed by atoms with van der Waals surface area (Å²) in [6.45, 7) is 1.55. The Hall–Kier alpha value is -2.37. The molecule has 0 aliphatic rings. The fourth-order valence-corrected chi connectivity index (χ4v) is 1.58. The second kappa shape index (κ2) is 5.09. The van der Waals surface area contributed by atoms with Crippen LogP contribution in [0.15, 0.2) is 24.3 Å². The van der Waals surface area contributed by atoms with Crippen molar-refractivity contribution in [3.8, 4) is 5.88 Å². The van der Waals surface area contributed by atoms with Gasteiger partial charge in [0.2, 0.25) is 5.88 Å². The van der Waals surface area contributed by atoms with Crippen molar-refractivity contribution >= 4 is 17.2 Å². The Labute approximate surface area is 109 Å². The normalized spacial score (nSPS) is 10.3. The van der Waals surface area contributed by atoms with Gasteiger partial charge in [0.1, 0.15) is 17.3 Å². The van der Waals surface area contributed by atoms with Gasteiger partial charge in [-0.1, -0.05) is 6.07 Å². The first-order chi connectivity index (χ1) is 9.02. The predicted molar refractivity (Wildman–Crippen MR) is 69.6 cm³/mol. The zero-order valence-corrected chi connectivity index (χ0v) is 10.5. The molecule has 3 N–H and O–H groups in total. The van der Waals surface area contributed by atoms with Crippen LogP contribution in [-0.4, -0.2) is 12.1 Å². The second-order valence-corrected chi connectivity index (χ2v) is 3.97. The SMILES string of the molecule is COc1nc(Nc2c(F)ccc(C)c2F)ccc1N. The monoisotopic (exact) mass is 265 g/mol. The number of nitrogen functional groups attached to an aromatic ring is 1. The van der Waals surface area contributed by atoms with E-state index in [0.29, 0.717) is 11.3 Å². The number of aryl methyl sites for hydroxylation is 1. The molecule has 1 heterocycles. The van der Waals surface area contributed by atoms with Gasteiger partial charge in [0.25, 0.3) is 0 Å². The van der Waals surface area contributed by atoms with Crippen LogP contribution in [0.25, 0.3) is 0 Å². The van der Waals surface area contributed by atoms with Crippen molar-refractivity contribution in [3.63, 3.8) is 0 Å². The maximum absolute atomic E-state index is 13.8. The van der Waals surface area contributed by atoms with Gasteiger partial charge in [0, 0.05) is 0 Å². The van der Waals surface area contributed by atoms with E-state index in [0.717, 1.165) is 0 Å². The predicted octanol–water partition coefficient (Wildman–Crippen LogP) is 3.00. The highest BCUT2D eigenvalue weighted by Gasteiger charge is 2.13. The van der Waals surface area contributed by atoms with Crippen LogP contribution in [-0.2, 0) is 0 Å². The summed E-state index contributed by atoms with van der Waals surface area (Å²) in [5.41, 5.74) is 6.05. The maximum atomic E-state index is 13.8. The average Bonchev–Trinajstić information content (AvgIpc) is 2.41. The molecule has 2 aromatic rings. The van der Waals surface area contributed by atoms with Crippen LogP contribution in [0.5, 0.6) is 5.88 Å². The topological polar surface area (TPSA) is 60.2 Å². The number of ether oxygens (including phenoxy) is 1. The lowest BCUT2D eigenvalue weighted by Crippen LogP contribution is -2.03. The van der Waals surface area contributed by atoms with Crippen LogP contribution in [0.4, 0.5) is 26.0 Å². The van der Waals surface area contributed by atoms with E-state index in [9.17, 15) is 8.78 Å². The Morgan fingerprint density at radius 3 is 2.63 bits per heavy atom. The number of pyridine rings is 1. The third-order valence-electron chi connectivity index (χ3n) is 2.62. The summed E-state index contributed by atoms with van der Waals surface area (Å²) in [6.07, 6.45) is 0. The van der Waals surface area contributed by atoms with E-state index in [1.807, 2.05) is 0 Å². The molecule has 1 aromatic heterocycles. The molecule has 6 heteroatoms. The summed E-state index contributed by atoms with van der Waals surface area (Å²) >= 11 is 0. The number of nitrogens with one attached hydrogen (secondary N) is 1. The molecule has 0 aliphatic heterocycles. The van der Waals surface area contributed by atoms with E-state index < -0.39 is 11.6 Å². The summed E-state index contributed by atoms with van der Waals surface area (Å²) in [5, 5.41) is 2.59. The van der Waals surface area contributed by atoms with E-state index in [-0.39, 0.29) is 17.4 Å². The molecule has 0 fully saturated rings. The lowest BCUT2D eigenvalue weighted by atomic mass is 10.2. The minimum Gasteiger partial charge on any atom is -0.479 e. The van der Waals surface area contributed by atoms with Gasteiger partial charge < -0.3 is 15.8 Å². The smallest absolute Gasteiger partial charge is 0.238 e. The van der Waals surface area contributed by atoms with E-state index in [1.54, 1.807) is 13.0 Å². The van der Waals surface area contributed by atoms with Crippen molar-refractivity contribution in [3.05, 3.63) is 41.5 Å². The number of nitrogens with zero attached hydrogens (tertiary/aromatic N) is 1. The van der Waals surface area contributed by atoms with Crippen LogP contribution < -0.4 is 15.8 Å². The first-order valence-electron chi connectivity index (χ1n) is 5.55. The van der Waals surface area contributed by atoms with Crippen molar-refractivity contribution in [2.24, 2.45) is 0 Å². The summed E-state index contributed by atoms with van der Waals surface area (Å²) in [5.74, 6) is -0.911. The minimum atomic E-state index is -0.694. The third-order valence-corrected chi connectivity index (χ3v) is 2.62. The van der Waals surface area contributed by atoms with Crippen molar-refractivity contribution < 1.29 is 13.5 Å². The van der Waals surface area contributed by atoms with Gasteiger partial charge in [-0.2, -0.15) is 4.98 Å². The van der Waals surface area contributed by atoms with Crippen molar-refractivity contribution in [2.75, 3.05) is 18.2 Å². The number of anilines is 3. The molecule has 4 nitrogen and oxygen atoms in total. The standard InChI is InChI=1S/C13H13F2N3O/c1-7-3-4-8(14)12(11(7)15)17-10-6-5-9(16)13(18-10)19-2/h3-6H,16H2,1-2H3,(H,17,18). The van der Waals surface area contributed by atoms with E-state index in [2.05, 4.69) is 10.3 Å². The first kappa shape index (κ1) is 13.1. The van der Waals surface area contributed by atoms with Crippen molar-refractivity contribution in [1.29, 1.82) is 0 Å². The summed E-state index contributed by atoms with van der Waals surface area (Å²) in [6, 6.07) is 5.61.